The van der Waals surface area contributed by atoms with Crippen LogP contribution in [0.1, 0.15) is 32.1 Å². The zero-order valence-corrected chi connectivity index (χ0v) is 13.1. The molecule has 0 bridgehead atoms. The number of rotatable bonds is 9. The molecule has 2 unspecified atom stereocenters. The second kappa shape index (κ2) is 10.1. The third-order valence-electron chi connectivity index (χ3n) is 4.20. The van der Waals surface area contributed by atoms with Crippen molar-refractivity contribution < 1.29 is 9.53 Å². The molecule has 1 aliphatic carbocycles. The van der Waals surface area contributed by atoms with Crippen LogP contribution in [0.4, 0.5) is 0 Å². The van der Waals surface area contributed by atoms with E-state index in [0.717, 1.165) is 58.5 Å². The highest BCUT2D eigenvalue weighted by atomic mass is 16.5. The number of nitrogens with one attached hydrogen (secondary N) is 1. The van der Waals surface area contributed by atoms with Gasteiger partial charge in [-0.1, -0.05) is 12.8 Å². The van der Waals surface area contributed by atoms with Gasteiger partial charge in [-0.15, -0.1) is 0 Å². The molecular weight excluding hydrogens is 254 g/mol. The van der Waals surface area contributed by atoms with E-state index in [2.05, 4.69) is 10.2 Å². The van der Waals surface area contributed by atoms with Crippen molar-refractivity contribution in [1.82, 2.24) is 10.2 Å². The molecule has 0 radical (unpaired) electrons. The second-order valence-electron chi connectivity index (χ2n) is 5.89. The highest BCUT2D eigenvalue weighted by Crippen LogP contribution is 2.30. The molecule has 0 aromatic heterocycles. The van der Waals surface area contributed by atoms with E-state index in [1.54, 1.807) is 7.11 Å². The van der Waals surface area contributed by atoms with Crippen LogP contribution in [0.25, 0.3) is 0 Å². The minimum atomic E-state index is 0.199. The van der Waals surface area contributed by atoms with Crippen molar-refractivity contribution in [2.45, 2.75) is 32.1 Å². The average Bonchev–Trinajstić information content (AvgIpc) is 2.45. The first kappa shape index (κ1) is 17.4. The molecule has 5 heteroatoms. The minimum absolute atomic E-state index is 0.199. The van der Waals surface area contributed by atoms with Gasteiger partial charge in [-0.3, -0.25) is 4.79 Å². The number of methoxy groups -OCH3 is 1. The number of carbonyl (C=O) groups excluding carboxylic acids is 1. The lowest BCUT2D eigenvalue weighted by molar-refractivity contribution is -0.126. The lowest BCUT2D eigenvalue weighted by Gasteiger charge is -2.28. The van der Waals surface area contributed by atoms with Crippen LogP contribution in [0.15, 0.2) is 0 Å². The Labute approximate surface area is 123 Å². The maximum Gasteiger partial charge on any atom is 0.223 e. The largest absolute Gasteiger partial charge is 0.383 e. The quantitative estimate of drug-likeness (QED) is 0.659. The first-order valence-electron chi connectivity index (χ1n) is 7.82. The van der Waals surface area contributed by atoms with Gasteiger partial charge < -0.3 is 20.7 Å². The summed E-state index contributed by atoms with van der Waals surface area (Å²) in [6, 6.07) is 0. The Kier molecular flexibility index (Phi) is 8.82. The predicted octanol–water partition coefficient (Wildman–Crippen LogP) is 0.836. The van der Waals surface area contributed by atoms with Gasteiger partial charge in [-0.2, -0.15) is 0 Å². The lowest BCUT2D eigenvalue weighted by atomic mass is 9.79. The molecule has 0 heterocycles. The average molecular weight is 285 g/mol. The van der Waals surface area contributed by atoms with Crippen molar-refractivity contribution in [3.63, 3.8) is 0 Å². The SMILES string of the molecule is COCCN(C)CCNC(=O)C1CCCC(CCN)C1. The molecule has 2 atom stereocenters. The smallest absolute Gasteiger partial charge is 0.223 e. The van der Waals surface area contributed by atoms with Crippen molar-refractivity contribution in [1.29, 1.82) is 0 Å². The Hall–Kier alpha value is -0.650. The maximum atomic E-state index is 12.2. The Morgan fingerprint density at radius 3 is 2.90 bits per heavy atom. The van der Waals surface area contributed by atoms with Crippen LogP contribution in [0.2, 0.25) is 0 Å². The summed E-state index contributed by atoms with van der Waals surface area (Å²) < 4.78 is 5.03. The number of nitrogens with two attached hydrogens (primary N) is 1. The van der Waals surface area contributed by atoms with Crippen LogP contribution in [0, 0.1) is 11.8 Å². The number of likely N-dealkylation sites (N-methyl/N-ethyl adjacent to an activating group) is 1. The molecule has 1 amide bonds. The van der Waals surface area contributed by atoms with Crippen LogP contribution >= 0.6 is 0 Å². The van der Waals surface area contributed by atoms with E-state index < -0.39 is 0 Å². The third kappa shape index (κ3) is 6.68. The van der Waals surface area contributed by atoms with Crippen LogP contribution in [0.3, 0.4) is 0 Å². The van der Waals surface area contributed by atoms with Crippen LogP contribution in [-0.4, -0.2) is 57.8 Å². The highest BCUT2D eigenvalue weighted by Gasteiger charge is 2.26. The summed E-state index contributed by atoms with van der Waals surface area (Å²) in [6.07, 6.45) is 5.51. The lowest BCUT2D eigenvalue weighted by Crippen LogP contribution is -2.38. The zero-order valence-electron chi connectivity index (χ0n) is 13.1. The summed E-state index contributed by atoms with van der Waals surface area (Å²) in [5, 5.41) is 3.07. The summed E-state index contributed by atoms with van der Waals surface area (Å²) in [4.78, 5) is 14.3. The molecule has 0 aromatic carbocycles. The first-order valence-corrected chi connectivity index (χ1v) is 7.82. The van der Waals surface area contributed by atoms with Crippen molar-refractivity contribution in [2.75, 3.05) is 46.9 Å². The Bertz CT molecular complexity index is 272. The summed E-state index contributed by atoms with van der Waals surface area (Å²) in [5.41, 5.74) is 5.62. The Morgan fingerprint density at radius 2 is 2.20 bits per heavy atom. The maximum absolute atomic E-state index is 12.2. The van der Waals surface area contributed by atoms with Crippen molar-refractivity contribution in [3.05, 3.63) is 0 Å². The summed E-state index contributed by atoms with van der Waals surface area (Å²) in [7, 11) is 3.75. The molecule has 1 fully saturated rings. The number of carbonyl (C=O) groups is 1. The number of hydrogen-bond donors (Lipinski definition) is 2. The predicted molar refractivity (Wildman–Crippen MR) is 81.5 cm³/mol. The van der Waals surface area contributed by atoms with E-state index in [4.69, 9.17) is 10.5 Å². The van der Waals surface area contributed by atoms with Gasteiger partial charge >= 0.3 is 0 Å². The summed E-state index contributed by atoms with van der Waals surface area (Å²) in [6.45, 7) is 3.96. The summed E-state index contributed by atoms with van der Waals surface area (Å²) in [5.74, 6) is 1.07. The topological polar surface area (TPSA) is 67.6 Å². The van der Waals surface area contributed by atoms with E-state index >= 15 is 0 Å². The Balaban J connectivity index is 2.18. The third-order valence-corrected chi connectivity index (χ3v) is 4.20. The Morgan fingerprint density at radius 1 is 1.40 bits per heavy atom. The van der Waals surface area contributed by atoms with Crippen LogP contribution in [-0.2, 0) is 9.53 Å². The summed E-state index contributed by atoms with van der Waals surface area (Å²) >= 11 is 0. The second-order valence-corrected chi connectivity index (χ2v) is 5.89. The number of ether oxygens (including phenoxy) is 1. The molecule has 1 saturated carbocycles. The number of nitrogens with zero attached hydrogens (tertiary/aromatic N) is 1. The van der Waals surface area contributed by atoms with Gasteiger partial charge in [0.15, 0.2) is 0 Å². The molecule has 0 spiro atoms. The van der Waals surface area contributed by atoms with Crippen molar-refractivity contribution in [2.24, 2.45) is 17.6 Å². The fourth-order valence-corrected chi connectivity index (χ4v) is 2.90. The molecule has 0 aromatic rings. The van der Waals surface area contributed by atoms with Gasteiger partial charge in [0, 0.05) is 32.7 Å². The number of hydrogen-bond acceptors (Lipinski definition) is 4. The fourth-order valence-electron chi connectivity index (χ4n) is 2.90. The van der Waals surface area contributed by atoms with Gasteiger partial charge in [0.1, 0.15) is 0 Å². The fraction of sp³-hybridized carbons (Fsp3) is 0.933. The van der Waals surface area contributed by atoms with Gasteiger partial charge in [-0.25, -0.2) is 0 Å². The molecule has 5 nitrogen and oxygen atoms in total. The van der Waals surface area contributed by atoms with E-state index in [-0.39, 0.29) is 11.8 Å². The first-order chi connectivity index (χ1) is 9.67. The monoisotopic (exact) mass is 285 g/mol. The molecule has 0 aliphatic heterocycles. The molecule has 20 heavy (non-hydrogen) atoms. The normalized spacial score (nSPS) is 23.0. The van der Waals surface area contributed by atoms with Crippen LogP contribution < -0.4 is 11.1 Å². The molecule has 1 rings (SSSR count). The van der Waals surface area contributed by atoms with E-state index in [9.17, 15) is 4.79 Å². The zero-order chi connectivity index (χ0) is 14.8. The van der Waals surface area contributed by atoms with Gasteiger partial charge in [-0.05, 0) is 38.8 Å². The van der Waals surface area contributed by atoms with E-state index in [0.29, 0.717) is 5.92 Å². The molecule has 0 saturated heterocycles. The molecular formula is C15H31N3O2. The number of amides is 1. The molecule has 3 N–H and O–H groups in total. The highest BCUT2D eigenvalue weighted by molar-refractivity contribution is 5.78. The molecule has 118 valence electrons. The van der Waals surface area contributed by atoms with Gasteiger partial charge in [0.05, 0.1) is 6.61 Å². The van der Waals surface area contributed by atoms with Gasteiger partial charge in [0.25, 0.3) is 0 Å². The van der Waals surface area contributed by atoms with Crippen molar-refractivity contribution >= 4 is 5.91 Å². The van der Waals surface area contributed by atoms with E-state index in [1.165, 1.54) is 6.42 Å². The van der Waals surface area contributed by atoms with Crippen molar-refractivity contribution in [3.8, 4) is 0 Å². The minimum Gasteiger partial charge on any atom is -0.383 e. The van der Waals surface area contributed by atoms with E-state index in [1.807, 2.05) is 7.05 Å². The van der Waals surface area contributed by atoms with Crippen LogP contribution in [0.5, 0.6) is 0 Å². The standard InChI is InChI=1S/C15H31N3O2/c1-18(10-11-20-2)9-8-17-15(19)14-5-3-4-13(12-14)6-7-16/h13-14H,3-12,16H2,1-2H3,(H,17,19). The van der Waals surface area contributed by atoms with Gasteiger partial charge in [0.2, 0.25) is 5.91 Å². The molecule has 1 aliphatic rings.